The van der Waals surface area contributed by atoms with E-state index in [1.165, 1.54) is 27.8 Å². The number of aryl methyl sites for hydroxylation is 1. The Hall–Kier alpha value is -1.67. The third-order valence-corrected chi connectivity index (χ3v) is 7.87. The Morgan fingerprint density at radius 3 is 2.65 bits per heavy atom. The van der Waals surface area contributed by atoms with Gasteiger partial charge in [-0.1, -0.05) is 29.8 Å². The normalized spacial score (nSPS) is 15.6. The van der Waals surface area contributed by atoms with Crippen LogP contribution in [0.4, 0.5) is 5.69 Å². The Morgan fingerprint density at radius 2 is 1.96 bits per heavy atom. The number of amides is 1. The average Bonchev–Trinajstić information content (AvgIpc) is 3.25. The fraction of sp³-hybridized carbons (Fsp3) is 0.278. The minimum absolute atomic E-state index is 0.266. The van der Waals surface area contributed by atoms with Crippen LogP contribution in [-0.4, -0.2) is 31.7 Å². The molecule has 5 nitrogen and oxygen atoms in total. The van der Waals surface area contributed by atoms with E-state index in [1.807, 2.05) is 18.2 Å². The smallest absolute Gasteiger partial charge is 0.252 e. The molecule has 1 fully saturated rings. The summed E-state index contributed by atoms with van der Waals surface area (Å²) in [5.74, 6) is -0.337. The third-order valence-electron chi connectivity index (χ3n) is 4.13. The summed E-state index contributed by atoms with van der Waals surface area (Å²) in [5.41, 5.74) is 1.25. The molecule has 2 aromatic rings. The molecule has 3 rings (SSSR count). The third kappa shape index (κ3) is 4.17. The summed E-state index contributed by atoms with van der Waals surface area (Å²) in [4.78, 5) is 12.9. The van der Waals surface area contributed by atoms with Gasteiger partial charge in [0, 0.05) is 29.1 Å². The lowest BCUT2D eigenvalue weighted by Gasteiger charge is -2.13. The molecule has 0 saturated carbocycles. The van der Waals surface area contributed by atoms with Crippen molar-refractivity contribution >= 4 is 50.6 Å². The van der Waals surface area contributed by atoms with E-state index in [4.69, 9.17) is 11.6 Å². The van der Waals surface area contributed by atoms with E-state index in [0.29, 0.717) is 23.8 Å². The van der Waals surface area contributed by atoms with Crippen LogP contribution in [0.1, 0.15) is 23.3 Å². The Bertz CT molecular complexity index is 945. The fourth-order valence-electron chi connectivity index (χ4n) is 2.71. The van der Waals surface area contributed by atoms with E-state index in [9.17, 15) is 13.2 Å². The monoisotopic (exact) mass is 410 g/mol. The minimum Gasteiger partial charge on any atom is -0.321 e. The molecular formula is C18H19ClN2O3S2. The van der Waals surface area contributed by atoms with E-state index in [2.05, 4.69) is 5.32 Å². The van der Waals surface area contributed by atoms with Crippen molar-refractivity contribution in [3.63, 3.8) is 0 Å². The van der Waals surface area contributed by atoms with E-state index in [0.717, 1.165) is 23.3 Å². The number of sulfonamides is 1. The van der Waals surface area contributed by atoms with E-state index >= 15 is 0 Å². The Kier molecular flexibility index (Phi) is 5.82. The van der Waals surface area contributed by atoms with Gasteiger partial charge in [0.2, 0.25) is 5.91 Å². The van der Waals surface area contributed by atoms with E-state index in [-0.39, 0.29) is 10.1 Å². The second kappa shape index (κ2) is 7.92. The minimum atomic E-state index is -3.47. The highest BCUT2D eigenvalue weighted by Crippen LogP contribution is 2.33. The first-order chi connectivity index (χ1) is 12.4. The van der Waals surface area contributed by atoms with Crippen LogP contribution in [0.2, 0.25) is 5.02 Å². The number of halogens is 1. The van der Waals surface area contributed by atoms with Crippen LogP contribution >= 0.6 is 22.9 Å². The molecule has 1 amide bonds. The number of hydrogen-bond acceptors (Lipinski definition) is 4. The van der Waals surface area contributed by atoms with Crippen LogP contribution < -0.4 is 5.32 Å². The van der Waals surface area contributed by atoms with Crippen molar-refractivity contribution in [2.24, 2.45) is 0 Å². The number of nitrogens with zero attached hydrogens (tertiary/aromatic N) is 1. The SMILES string of the molecule is Cc1sc(S(=O)(=O)N2CCCC2)cc1NC(=O)C=Cc1ccccc1Cl. The Labute approximate surface area is 162 Å². The van der Waals surface area contributed by atoms with Gasteiger partial charge >= 0.3 is 0 Å². The average molecular weight is 411 g/mol. The predicted octanol–water partition coefficient (Wildman–Crippen LogP) is 4.15. The molecule has 1 aromatic carbocycles. The van der Waals surface area contributed by atoms with Crippen molar-refractivity contribution in [1.82, 2.24) is 4.31 Å². The topological polar surface area (TPSA) is 66.5 Å². The summed E-state index contributed by atoms with van der Waals surface area (Å²) in [6, 6.07) is 8.74. The zero-order chi connectivity index (χ0) is 18.7. The molecular weight excluding hydrogens is 392 g/mol. The molecule has 0 unspecified atom stereocenters. The highest BCUT2D eigenvalue weighted by atomic mass is 35.5. The first-order valence-electron chi connectivity index (χ1n) is 8.22. The maximum atomic E-state index is 12.6. The summed E-state index contributed by atoms with van der Waals surface area (Å²) < 4.78 is 27.0. The van der Waals surface area contributed by atoms with Crippen LogP contribution in [-0.2, 0) is 14.8 Å². The molecule has 1 N–H and O–H groups in total. The van der Waals surface area contributed by atoms with E-state index in [1.54, 1.807) is 19.1 Å². The maximum absolute atomic E-state index is 12.6. The summed E-state index contributed by atoms with van der Waals surface area (Å²) in [6.45, 7) is 2.91. The van der Waals surface area contributed by atoms with Crippen molar-refractivity contribution in [2.75, 3.05) is 18.4 Å². The van der Waals surface area contributed by atoms with Crippen LogP contribution in [0.3, 0.4) is 0 Å². The van der Waals surface area contributed by atoms with Crippen molar-refractivity contribution in [3.05, 3.63) is 51.9 Å². The molecule has 0 bridgehead atoms. The van der Waals surface area contributed by atoms with Gasteiger partial charge in [0.1, 0.15) is 4.21 Å². The zero-order valence-electron chi connectivity index (χ0n) is 14.2. The highest BCUT2D eigenvalue weighted by molar-refractivity contribution is 7.91. The second-order valence-corrected chi connectivity index (χ2v) is 9.82. The van der Waals surface area contributed by atoms with Crippen molar-refractivity contribution in [3.8, 4) is 0 Å². The number of anilines is 1. The lowest BCUT2D eigenvalue weighted by atomic mass is 10.2. The fourth-order valence-corrected chi connectivity index (χ4v) is 5.98. The molecule has 1 aromatic heterocycles. The largest absolute Gasteiger partial charge is 0.321 e. The molecule has 0 aliphatic carbocycles. The number of nitrogens with one attached hydrogen (secondary N) is 1. The van der Waals surface area contributed by atoms with Crippen LogP contribution in [0, 0.1) is 6.92 Å². The summed E-state index contributed by atoms with van der Waals surface area (Å²) in [6.07, 6.45) is 4.79. The molecule has 8 heteroatoms. The van der Waals surface area contributed by atoms with Gasteiger partial charge in [-0.2, -0.15) is 4.31 Å². The van der Waals surface area contributed by atoms with Gasteiger partial charge in [0.05, 0.1) is 5.69 Å². The standard InChI is InChI=1S/C18H19ClN2O3S2/c1-13-16(12-18(25-13)26(23,24)21-10-4-5-11-21)20-17(22)9-8-14-6-2-3-7-15(14)19/h2-3,6-9,12H,4-5,10-11H2,1H3,(H,20,22). The molecule has 0 radical (unpaired) electrons. The summed E-state index contributed by atoms with van der Waals surface area (Å²) in [5, 5.41) is 3.30. The first-order valence-corrected chi connectivity index (χ1v) is 10.9. The number of hydrogen-bond donors (Lipinski definition) is 1. The molecule has 1 saturated heterocycles. The molecule has 0 spiro atoms. The maximum Gasteiger partial charge on any atom is 0.252 e. The summed E-state index contributed by atoms with van der Waals surface area (Å²) in [7, 11) is -3.47. The van der Waals surface area contributed by atoms with Crippen molar-refractivity contribution < 1.29 is 13.2 Å². The summed E-state index contributed by atoms with van der Waals surface area (Å²) >= 11 is 7.23. The second-order valence-electron chi connectivity index (χ2n) is 5.99. The molecule has 1 aliphatic heterocycles. The van der Waals surface area contributed by atoms with Gasteiger partial charge in [-0.3, -0.25) is 4.79 Å². The van der Waals surface area contributed by atoms with Gasteiger partial charge in [-0.15, -0.1) is 11.3 Å². The van der Waals surface area contributed by atoms with Crippen LogP contribution in [0.25, 0.3) is 6.08 Å². The lowest BCUT2D eigenvalue weighted by Crippen LogP contribution is -2.27. The molecule has 0 atom stereocenters. The molecule has 2 heterocycles. The van der Waals surface area contributed by atoms with Gasteiger partial charge in [0.25, 0.3) is 10.0 Å². The zero-order valence-corrected chi connectivity index (χ0v) is 16.6. The quantitative estimate of drug-likeness (QED) is 0.753. The Balaban J connectivity index is 1.73. The number of benzene rings is 1. The molecule has 26 heavy (non-hydrogen) atoms. The van der Waals surface area contributed by atoms with Crippen molar-refractivity contribution in [1.29, 1.82) is 0 Å². The molecule has 138 valence electrons. The van der Waals surface area contributed by atoms with Crippen LogP contribution in [0.15, 0.2) is 40.6 Å². The first kappa shape index (κ1) is 19.1. The van der Waals surface area contributed by atoms with E-state index < -0.39 is 10.0 Å². The van der Waals surface area contributed by atoms with Gasteiger partial charge < -0.3 is 5.32 Å². The number of thiophene rings is 1. The van der Waals surface area contributed by atoms with Gasteiger partial charge in [-0.25, -0.2) is 8.42 Å². The van der Waals surface area contributed by atoms with Gasteiger partial charge in [-0.05, 0) is 43.5 Å². The van der Waals surface area contributed by atoms with Crippen molar-refractivity contribution in [2.45, 2.75) is 24.0 Å². The van der Waals surface area contributed by atoms with Gasteiger partial charge in [0.15, 0.2) is 0 Å². The lowest BCUT2D eigenvalue weighted by molar-refractivity contribution is -0.111. The van der Waals surface area contributed by atoms with Crippen LogP contribution in [0.5, 0.6) is 0 Å². The molecule has 1 aliphatic rings. The highest BCUT2D eigenvalue weighted by Gasteiger charge is 2.29. The number of rotatable bonds is 5. The Morgan fingerprint density at radius 1 is 1.27 bits per heavy atom. The number of carbonyl (C=O) groups is 1. The predicted molar refractivity (Wildman–Crippen MR) is 106 cm³/mol. The number of carbonyl (C=O) groups excluding carboxylic acids is 1.